The number of rotatable bonds is 9. The maximum Gasteiger partial charge on any atom is 0.416 e. The maximum absolute atomic E-state index is 14.0. The predicted octanol–water partition coefficient (Wildman–Crippen LogP) is 7.43. The number of alkyl halides is 3. The lowest BCUT2D eigenvalue weighted by atomic mass is 9.81. The second-order valence-corrected chi connectivity index (χ2v) is 12.3. The standard InChI is InChI=1S/C32H35F3N2O3S/c1-20-19-41-30(36-20)27-12-7-13-37(27)31(40)25-15-23(16-26(17-25)32(33,34)35)28(38)18-24(14-21-8-3-2-4-9-21)29(39)22-10-5-6-11-22/h2-4,8-9,15-17,19,22,24,27,29,39H,5-7,10-14,18H2,1H3/t24-,27-,29-/m1/s1. The highest BCUT2D eigenvalue weighted by Crippen LogP contribution is 2.38. The number of benzene rings is 2. The van der Waals surface area contributed by atoms with Crippen molar-refractivity contribution in [2.24, 2.45) is 11.8 Å². The molecule has 0 spiro atoms. The Morgan fingerprint density at radius 2 is 1.76 bits per heavy atom. The quantitative estimate of drug-likeness (QED) is 0.266. The second-order valence-electron chi connectivity index (χ2n) is 11.4. The number of nitrogens with zero attached hydrogens (tertiary/aromatic N) is 2. The molecular formula is C32H35F3N2O3S. The number of likely N-dealkylation sites (tertiary alicyclic amines) is 1. The number of carbonyl (C=O) groups is 2. The summed E-state index contributed by atoms with van der Waals surface area (Å²) >= 11 is 1.44. The minimum absolute atomic E-state index is 0.0664. The molecule has 218 valence electrons. The van der Waals surface area contributed by atoms with Crippen LogP contribution in [0.1, 0.15) is 93.5 Å². The Labute approximate surface area is 242 Å². The van der Waals surface area contributed by atoms with E-state index in [0.29, 0.717) is 19.4 Å². The number of amides is 1. The fraction of sp³-hybridized carbons (Fsp3) is 0.469. The summed E-state index contributed by atoms with van der Waals surface area (Å²) in [5.74, 6) is -1.42. The molecule has 0 bridgehead atoms. The van der Waals surface area contributed by atoms with Crippen LogP contribution in [0.3, 0.4) is 0 Å². The summed E-state index contributed by atoms with van der Waals surface area (Å²) in [5, 5.41) is 13.9. The summed E-state index contributed by atoms with van der Waals surface area (Å²) in [6, 6.07) is 12.2. The summed E-state index contributed by atoms with van der Waals surface area (Å²) in [6.07, 6.45) is 0.0654. The number of carbonyl (C=O) groups excluding carboxylic acids is 2. The highest BCUT2D eigenvalue weighted by molar-refractivity contribution is 7.09. The molecule has 9 heteroatoms. The third kappa shape index (κ3) is 6.89. The molecule has 2 aliphatic rings. The van der Waals surface area contributed by atoms with E-state index in [-0.39, 0.29) is 29.5 Å². The summed E-state index contributed by atoms with van der Waals surface area (Å²) in [5.41, 5.74) is 0.462. The van der Waals surface area contributed by atoms with Crippen molar-refractivity contribution in [3.05, 3.63) is 86.9 Å². The van der Waals surface area contributed by atoms with Gasteiger partial charge in [-0.15, -0.1) is 11.3 Å². The van der Waals surface area contributed by atoms with E-state index in [4.69, 9.17) is 0 Å². The number of aliphatic hydroxyl groups excluding tert-OH is 1. The Balaban J connectivity index is 1.43. The van der Waals surface area contributed by atoms with Crippen LogP contribution in [0.15, 0.2) is 53.9 Å². The van der Waals surface area contributed by atoms with Crippen LogP contribution in [0, 0.1) is 18.8 Å². The van der Waals surface area contributed by atoms with Crippen molar-refractivity contribution < 1.29 is 27.9 Å². The molecule has 1 aliphatic heterocycles. The van der Waals surface area contributed by atoms with Gasteiger partial charge in [-0.2, -0.15) is 13.2 Å². The lowest BCUT2D eigenvalue weighted by molar-refractivity contribution is -0.137. The molecule has 1 aliphatic carbocycles. The van der Waals surface area contributed by atoms with Crippen LogP contribution in [-0.4, -0.2) is 39.3 Å². The van der Waals surface area contributed by atoms with Crippen LogP contribution in [0.2, 0.25) is 0 Å². The summed E-state index contributed by atoms with van der Waals surface area (Å²) < 4.78 is 42.0. The lowest BCUT2D eigenvalue weighted by Gasteiger charge is -2.28. The minimum atomic E-state index is -4.73. The molecule has 1 saturated carbocycles. The monoisotopic (exact) mass is 584 g/mol. The van der Waals surface area contributed by atoms with Crippen LogP contribution in [0.4, 0.5) is 13.2 Å². The van der Waals surface area contributed by atoms with E-state index in [1.807, 2.05) is 42.6 Å². The van der Waals surface area contributed by atoms with E-state index in [9.17, 15) is 27.9 Å². The Hall–Kier alpha value is -3.04. The number of halogens is 3. The molecule has 5 rings (SSSR count). The minimum Gasteiger partial charge on any atom is -0.393 e. The first-order chi connectivity index (χ1) is 19.6. The van der Waals surface area contributed by atoms with Gasteiger partial charge < -0.3 is 10.0 Å². The van der Waals surface area contributed by atoms with Gasteiger partial charge in [0.15, 0.2) is 5.78 Å². The molecule has 1 aromatic heterocycles. The van der Waals surface area contributed by atoms with E-state index in [1.165, 1.54) is 17.4 Å². The molecule has 1 N–H and O–H groups in total. The fourth-order valence-corrected chi connectivity index (χ4v) is 7.25. The first kappa shape index (κ1) is 29.5. The number of aryl methyl sites for hydroxylation is 1. The molecule has 1 amide bonds. The number of ketones is 1. The Morgan fingerprint density at radius 1 is 1.05 bits per heavy atom. The predicted molar refractivity (Wildman–Crippen MR) is 152 cm³/mol. The van der Waals surface area contributed by atoms with Crippen molar-refractivity contribution in [3.63, 3.8) is 0 Å². The van der Waals surface area contributed by atoms with Gasteiger partial charge in [0.2, 0.25) is 0 Å². The molecular weight excluding hydrogens is 549 g/mol. The van der Waals surface area contributed by atoms with Gasteiger partial charge in [-0.25, -0.2) is 4.98 Å². The van der Waals surface area contributed by atoms with Gasteiger partial charge in [0.25, 0.3) is 5.91 Å². The van der Waals surface area contributed by atoms with E-state index in [0.717, 1.165) is 60.5 Å². The Bertz CT molecular complexity index is 1370. The van der Waals surface area contributed by atoms with Crippen LogP contribution in [-0.2, 0) is 12.6 Å². The molecule has 3 aromatic rings. The third-order valence-electron chi connectivity index (χ3n) is 8.42. The van der Waals surface area contributed by atoms with Crippen LogP contribution in [0.25, 0.3) is 0 Å². The van der Waals surface area contributed by atoms with Gasteiger partial charge >= 0.3 is 6.18 Å². The SMILES string of the molecule is Cc1csc([C@H]2CCCN2C(=O)c2cc(C(=O)C[C@@H](Cc3ccccc3)[C@H](O)C3CCCC3)cc(C(F)(F)F)c2)n1. The maximum atomic E-state index is 14.0. The molecule has 2 fully saturated rings. The van der Waals surface area contributed by atoms with Crippen molar-refractivity contribution >= 4 is 23.0 Å². The third-order valence-corrected chi connectivity index (χ3v) is 9.48. The topological polar surface area (TPSA) is 70.5 Å². The zero-order chi connectivity index (χ0) is 29.1. The highest BCUT2D eigenvalue weighted by atomic mass is 32.1. The Morgan fingerprint density at radius 3 is 2.41 bits per heavy atom. The zero-order valence-corrected chi connectivity index (χ0v) is 23.9. The van der Waals surface area contributed by atoms with E-state index in [2.05, 4.69) is 4.98 Å². The molecule has 5 nitrogen and oxygen atoms in total. The summed E-state index contributed by atoms with van der Waals surface area (Å²) in [4.78, 5) is 33.3. The summed E-state index contributed by atoms with van der Waals surface area (Å²) in [6.45, 7) is 2.27. The lowest BCUT2D eigenvalue weighted by Crippen LogP contribution is -2.32. The first-order valence-electron chi connectivity index (χ1n) is 14.3. The average Bonchev–Trinajstić information content (AvgIpc) is 3.74. The number of aromatic nitrogens is 1. The fourth-order valence-electron chi connectivity index (χ4n) is 6.30. The largest absolute Gasteiger partial charge is 0.416 e. The molecule has 2 heterocycles. The van der Waals surface area contributed by atoms with E-state index >= 15 is 0 Å². The molecule has 1 saturated heterocycles. The van der Waals surface area contributed by atoms with Gasteiger partial charge in [-0.1, -0.05) is 43.2 Å². The van der Waals surface area contributed by atoms with E-state index < -0.39 is 35.5 Å². The van der Waals surface area contributed by atoms with Crippen molar-refractivity contribution in [3.8, 4) is 0 Å². The smallest absolute Gasteiger partial charge is 0.393 e. The van der Waals surface area contributed by atoms with Crippen molar-refractivity contribution in [1.29, 1.82) is 0 Å². The number of Topliss-reactive ketones (excluding diaryl/α,β-unsaturated/α-hetero) is 1. The number of thiazole rings is 1. The van der Waals surface area contributed by atoms with Crippen molar-refractivity contribution in [2.45, 2.75) is 76.6 Å². The first-order valence-corrected chi connectivity index (χ1v) is 15.2. The van der Waals surface area contributed by atoms with Gasteiger partial charge in [0.1, 0.15) is 5.01 Å². The molecule has 2 aromatic carbocycles. The van der Waals surface area contributed by atoms with Crippen LogP contribution < -0.4 is 0 Å². The van der Waals surface area contributed by atoms with Crippen LogP contribution >= 0.6 is 11.3 Å². The normalized spacial score (nSPS) is 19.4. The van der Waals surface area contributed by atoms with Crippen LogP contribution in [0.5, 0.6) is 0 Å². The van der Waals surface area contributed by atoms with Gasteiger partial charge in [0.05, 0.1) is 17.7 Å². The molecule has 0 radical (unpaired) electrons. The molecule has 0 unspecified atom stereocenters. The van der Waals surface area contributed by atoms with Gasteiger partial charge in [0, 0.05) is 35.2 Å². The number of aliphatic hydroxyl groups is 1. The van der Waals surface area contributed by atoms with E-state index in [1.54, 1.807) is 4.90 Å². The second kappa shape index (κ2) is 12.4. The number of hydrogen-bond acceptors (Lipinski definition) is 5. The zero-order valence-electron chi connectivity index (χ0n) is 23.1. The Kier molecular flexibility index (Phi) is 8.94. The van der Waals surface area contributed by atoms with Crippen molar-refractivity contribution in [1.82, 2.24) is 9.88 Å². The van der Waals surface area contributed by atoms with Gasteiger partial charge in [-0.05, 0) is 74.6 Å². The summed E-state index contributed by atoms with van der Waals surface area (Å²) in [7, 11) is 0. The molecule has 3 atom stereocenters. The van der Waals surface area contributed by atoms with Gasteiger partial charge in [-0.3, -0.25) is 9.59 Å². The molecule has 41 heavy (non-hydrogen) atoms. The average molecular weight is 585 g/mol. The van der Waals surface area contributed by atoms with Crippen molar-refractivity contribution in [2.75, 3.05) is 6.54 Å². The highest BCUT2D eigenvalue weighted by Gasteiger charge is 2.37. The number of hydrogen-bond donors (Lipinski definition) is 1.